The second-order valence-corrected chi connectivity index (χ2v) is 9.57. The number of nitrogens with one attached hydrogen (secondary N) is 1. The molecule has 0 aliphatic carbocycles. The number of non-ortho nitro benzene ring substituents is 1. The minimum atomic E-state index is -3.96. The smallest absolute Gasteiger partial charge is 0.272 e. The first-order chi connectivity index (χ1) is 15.7. The van der Waals surface area contributed by atoms with Gasteiger partial charge in [0.05, 0.1) is 9.82 Å². The van der Waals surface area contributed by atoms with Gasteiger partial charge in [-0.1, -0.05) is 6.07 Å². The van der Waals surface area contributed by atoms with Gasteiger partial charge < -0.3 is 9.88 Å². The predicted octanol–water partition coefficient (Wildman–Crippen LogP) is 2.73. The lowest BCUT2D eigenvalue weighted by molar-refractivity contribution is -0.385. The molecule has 1 aliphatic heterocycles. The van der Waals surface area contributed by atoms with Gasteiger partial charge >= 0.3 is 0 Å². The zero-order chi connectivity index (χ0) is 23.8. The maximum absolute atomic E-state index is 13.3. The molecule has 1 aliphatic rings. The third-order valence-corrected chi connectivity index (χ3v) is 7.47. The Morgan fingerprint density at radius 2 is 1.76 bits per heavy atom. The summed E-state index contributed by atoms with van der Waals surface area (Å²) in [6.07, 6.45) is 1.46. The molecule has 3 aromatic rings. The second-order valence-electron chi connectivity index (χ2n) is 7.24. The molecular weight excluding hydrogens is 473 g/mol. The molecule has 1 fully saturated rings. The summed E-state index contributed by atoms with van der Waals surface area (Å²) in [5, 5.41) is 11.0. The van der Waals surface area contributed by atoms with Gasteiger partial charge in [0.25, 0.3) is 11.6 Å². The van der Waals surface area contributed by atoms with Crippen LogP contribution in [0, 0.1) is 20.7 Å². The number of halogens is 1. The fourth-order valence-electron chi connectivity index (χ4n) is 3.57. The zero-order valence-corrected chi connectivity index (χ0v) is 18.7. The SMILES string of the molecule is O=C(c1c[nH]c(=S)n1-c1ccc(F)cc1)N1CCN(S(=O)(=O)c2cccc([N+](=O)[O-])c2)CC1. The van der Waals surface area contributed by atoms with Gasteiger partial charge in [-0.3, -0.25) is 19.5 Å². The lowest BCUT2D eigenvalue weighted by atomic mass is 10.2. The van der Waals surface area contributed by atoms with Gasteiger partial charge in [-0.05, 0) is 42.5 Å². The Morgan fingerprint density at radius 1 is 1.09 bits per heavy atom. The Balaban J connectivity index is 1.52. The summed E-state index contributed by atoms with van der Waals surface area (Å²) in [4.78, 5) is 27.6. The van der Waals surface area contributed by atoms with Crippen molar-refractivity contribution >= 4 is 33.8 Å². The van der Waals surface area contributed by atoms with Gasteiger partial charge in [0.2, 0.25) is 10.0 Å². The molecular formula is C20H18FN5O5S2. The number of nitrogens with zero attached hydrogens (tertiary/aromatic N) is 4. The van der Waals surface area contributed by atoms with Gasteiger partial charge in [-0.15, -0.1) is 0 Å². The van der Waals surface area contributed by atoms with Crippen molar-refractivity contribution in [3.05, 3.63) is 81.1 Å². The van der Waals surface area contributed by atoms with Crippen molar-refractivity contribution in [3.8, 4) is 5.69 Å². The summed E-state index contributed by atoms with van der Waals surface area (Å²) in [7, 11) is -3.96. The monoisotopic (exact) mass is 491 g/mol. The molecule has 2 aromatic carbocycles. The van der Waals surface area contributed by atoms with Crippen LogP contribution in [0.25, 0.3) is 5.69 Å². The number of rotatable bonds is 5. The van der Waals surface area contributed by atoms with Crippen LogP contribution in [-0.2, 0) is 10.0 Å². The number of aromatic nitrogens is 2. The number of carbonyl (C=O) groups excluding carboxylic acids is 1. The highest BCUT2D eigenvalue weighted by Crippen LogP contribution is 2.23. The summed E-state index contributed by atoms with van der Waals surface area (Å²) < 4.78 is 42.1. The number of piperazine rings is 1. The van der Waals surface area contributed by atoms with Crippen molar-refractivity contribution in [2.75, 3.05) is 26.2 Å². The molecule has 1 amide bonds. The van der Waals surface area contributed by atoms with E-state index in [2.05, 4.69) is 4.98 Å². The third-order valence-electron chi connectivity index (χ3n) is 5.27. The first kappa shape index (κ1) is 22.8. The molecule has 1 N–H and O–H groups in total. The minimum absolute atomic E-state index is 0.0263. The van der Waals surface area contributed by atoms with Crippen LogP contribution >= 0.6 is 12.2 Å². The summed E-state index contributed by atoms with van der Waals surface area (Å²) in [6, 6.07) is 10.4. The molecule has 1 saturated heterocycles. The Bertz CT molecular complexity index is 1380. The number of benzene rings is 2. The van der Waals surface area contributed by atoms with Crippen molar-refractivity contribution in [1.82, 2.24) is 18.8 Å². The molecule has 0 radical (unpaired) electrons. The fraction of sp³-hybridized carbons (Fsp3) is 0.200. The zero-order valence-electron chi connectivity index (χ0n) is 17.0. The molecule has 0 saturated carbocycles. The first-order valence-corrected chi connectivity index (χ1v) is 11.6. The fourth-order valence-corrected chi connectivity index (χ4v) is 5.30. The van der Waals surface area contributed by atoms with Crippen molar-refractivity contribution in [1.29, 1.82) is 0 Å². The van der Waals surface area contributed by atoms with E-state index in [1.54, 1.807) is 0 Å². The number of nitro groups is 1. The predicted molar refractivity (Wildman–Crippen MR) is 119 cm³/mol. The molecule has 2 heterocycles. The van der Waals surface area contributed by atoms with E-state index in [0.717, 1.165) is 6.07 Å². The molecule has 4 rings (SSSR count). The van der Waals surface area contributed by atoms with Crippen LogP contribution in [0.5, 0.6) is 0 Å². The number of amides is 1. The van der Waals surface area contributed by atoms with E-state index in [4.69, 9.17) is 12.2 Å². The van der Waals surface area contributed by atoms with E-state index >= 15 is 0 Å². The number of H-pyrrole nitrogens is 1. The summed E-state index contributed by atoms with van der Waals surface area (Å²) in [5.41, 5.74) is 0.432. The van der Waals surface area contributed by atoms with E-state index in [1.165, 1.54) is 62.4 Å². The van der Waals surface area contributed by atoms with Crippen LogP contribution < -0.4 is 0 Å². The van der Waals surface area contributed by atoms with Crippen molar-refractivity contribution < 1.29 is 22.5 Å². The maximum atomic E-state index is 13.3. The highest BCUT2D eigenvalue weighted by molar-refractivity contribution is 7.89. The van der Waals surface area contributed by atoms with Gasteiger partial charge in [0.15, 0.2) is 4.77 Å². The molecule has 0 unspecified atom stereocenters. The van der Waals surface area contributed by atoms with Crippen LogP contribution in [0.2, 0.25) is 0 Å². The van der Waals surface area contributed by atoms with Gasteiger partial charge in [-0.2, -0.15) is 4.31 Å². The number of aromatic amines is 1. The number of nitro benzene ring substituents is 1. The average molecular weight is 492 g/mol. The summed E-state index contributed by atoms with van der Waals surface area (Å²) in [6.45, 7) is 0.291. The van der Waals surface area contributed by atoms with Gasteiger partial charge in [0, 0.05) is 50.2 Å². The Kier molecular flexibility index (Phi) is 6.10. The molecule has 1 aromatic heterocycles. The third kappa shape index (κ3) is 4.42. The number of sulfonamides is 1. The van der Waals surface area contributed by atoms with E-state index in [9.17, 15) is 27.7 Å². The highest BCUT2D eigenvalue weighted by atomic mass is 32.2. The molecule has 0 bridgehead atoms. The van der Waals surface area contributed by atoms with Crippen LogP contribution in [-0.4, -0.2) is 64.2 Å². The molecule has 0 atom stereocenters. The Hall–Kier alpha value is -3.42. The Morgan fingerprint density at radius 3 is 2.39 bits per heavy atom. The number of imidazole rings is 1. The lowest BCUT2D eigenvalue weighted by Gasteiger charge is -2.34. The van der Waals surface area contributed by atoms with E-state index in [-0.39, 0.29) is 53.1 Å². The first-order valence-electron chi connectivity index (χ1n) is 9.79. The second kappa shape index (κ2) is 8.84. The molecule has 0 spiro atoms. The Labute approximate surface area is 193 Å². The molecule has 33 heavy (non-hydrogen) atoms. The van der Waals surface area contributed by atoms with Crippen LogP contribution in [0.1, 0.15) is 10.5 Å². The average Bonchev–Trinajstić information content (AvgIpc) is 3.20. The van der Waals surface area contributed by atoms with Gasteiger partial charge in [0.1, 0.15) is 11.5 Å². The number of hydrogen-bond donors (Lipinski definition) is 1. The van der Waals surface area contributed by atoms with E-state index in [1.807, 2.05) is 0 Å². The molecule has 172 valence electrons. The quantitative estimate of drug-likeness (QED) is 0.333. The molecule has 13 heteroatoms. The normalized spacial score (nSPS) is 14.9. The summed E-state index contributed by atoms with van der Waals surface area (Å²) in [5.74, 6) is -0.783. The summed E-state index contributed by atoms with van der Waals surface area (Å²) >= 11 is 5.27. The molecule has 10 nitrogen and oxygen atoms in total. The highest BCUT2D eigenvalue weighted by Gasteiger charge is 2.32. The maximum Gasteiger partial charge on any atom is 0.272 e. The topological polar surface area (TPSA) is 122 Å². The lowest BCUT2D eigenvalue weighted by Crippen LogP contribution is -2.50. The van der Waals surface area contributed by atoms with Crippen LogP contribution in [0.4, 0.5) is 10.1 Å². The van der Waals surface area contributed by atoms with E-state index < -0.39 is 20.8 Å². The van der Waals surface area contributed by atoms with Crippen LogP contribution in [0.3, 0.4) is 0 Å². The van der Waals surface area contributed by atoms with Crippen molar-refractivity contribution in [3.63, 3.8) is 0 Å². The van der Waals surface area contributed by atoms with Crippen LogP contribution in [0.15, 0.2) is 59.6 Å². The van der Waals surface area contributed by atoms with Gasteiger partial charge in [-0.25, -0.2) is 12.8 Å². The largest absolute Gasteiger partial charge is 0.336 e. The standard InChI is InChI=1S/C20H18FN5O5S2/c21-14-4-6-15(7-5-14)25-18(13-22-20(25)32)19(27)23-8-10-24(11-9-23)33(30,31)17-3-1-2-16(12-17)26(28)29/h1-7,12-13H,8-11H2,(H,22,32). The minimum Gasteiger partial charge on any atom is -0.336 e. The number of carbonyl (C=O) groups is 1. The van der Waals surface area contributed by atoms with Crippen molar-refractivity contribution in [2.24, 2.45) is 0 Å². The number of hydrogen-bond acceptors (Lipinski definition) is 6. The van der Waals surface area contributed by atoms with E-state index in [0.29, 0.717) is 5.69 Å². The van der Waals surface area contributed by atoms with Crippen molar-refractivity contribution in [2.45, 2.75) is 4.90 Å².